The first-order valence-electron chi connectivity index (χ1n) is 9.05. The molecule has 148 valence electrons. The number of thioether (sulfide) groups is 1. The molecule has 0 aliphatic heterocycles. The number of benzene rings is 2. The summed E-state index contributed by atoms with van der Waals surface area (Å²) in [6.45, 7) is 6.54. The van der Waals surface area contributed by atoms with Crippen molar-refractivity contribution >= 4 is 23.4 Å². The maximum atomic E-state index is 6.18. The zero-order valence-corrected chi connectivity index (χ0v) is 17.8. The molecule has 0 saturated carbocycles. The second-order valence-corrected chi connectivity index (χ2v) is 8.81. The third-order valence-corrected chi connectivity index (χ3v) is 5.44. The molecule has 0 radical (unpaired) electrons. The van der Waals surface area contributed by atoms with Gasteiger partial charge in [-0.25, -0.2) is 0 Å². The Morgan fingerprint density at radius 1 is 1.00 bits per heavy atom. The molecule has 0 aliphatic carbocycles. The fraction of sp³-hybridized carbons (Fsp3) is 0.238. The standard InChI is InChI=1S/C21H19ClN4O2S/c1-21(2,3)14-10-8-13(9-11-14)19-24-25-20(27-19)29-12-17-23-18(26-28-17)15-6-4-5-7-16(15)22/h4-11H,12H2,1-3H3. The second-order valence-electron chi connectivity index (χ2n) is 7.48. The summed E-state index contributed by atoms with van der Waals surface area (Å²) in [5.74, 6) is 1.81. The fourth-order valence-corrected chi connectivity index (χ4v) is 3.51. The van der Waals surface area contributed by atoms with Gasteiger partial charge in [-0.15, -0.1) is 10.2 Å². The van der Waals surface area contributed by atoms with Crippen LogP contribution in [0.5, 0.6) is 0 Å². The third kappa shape index (κ3) is 4.52. The van der Waals surface area contributed by atoms with E-state index in [9.17, 15) is 0 Å². The van der Waals surface area contributed by atoms with Crippen LogP contribution in [0.25, 0.3) is 22.8 Å². The van der Waals surface area contributed by atoms with Crippen molar-refractivity contribution in [2.45, 2.75) is 37.2 Å². The number of halogens is 1. The minimum atomic E-state index is 0.0985. The van der Waals surface area contributed by atoms with Crippen molar-refractivity contribution in [1.29, 1.82) is 0 Å². The zero-order valence-electron chi connectivity index (χ0n) is 16.2. The van der Waals surface area contributed by atoms with Gasteiger partial charge in [0.2, 0.25) is 17.6 Å². The van der Waals surface area contributed by atoms with Crippen molar-refractivity contribution in [3.63, 3.8) is 0 Å². The van der Waals surface area contributed by atoms with Gasteiger partial charge in [0, 0.05) is 11.1 Å². The lowest BCUT2D eigenvalue weighted by Gasteiger charge is -2.18. The Hall–Kier alpha value is -2.64. The van der Waals surface area contributed by atoms with Crippen LogP contribution >= 0.6 is 23.4 Å². The number of hydrogen-bond acceptors (Lipinski definition) is 7. The first kappa shape index (κ1) is 19.7. The van der Waals surface area contributed by atoms with E-state index in [-0.39, 0.29) is 5.41 Å². The van der Waals surface area contributed by atoms with Crippen molar-refractivity contribution in [2.24, 2.45) is 0 Å². The monoisotopic (exact) mass is 426 g/mol. The highest BCUT2D eigenvalue weighted by Crippen LogP contribution is 2.29. The molecule has 0 aliphatic rings. The molecule has 8 heteroatoms. The Kier molecular flexibility index (Phi) is 5.43. The maximum absolute atomic E-state index is 6.18. The highest BCUT2D eigenvalue weighted by Gasteiger charge is 2.16. The quantitative estimate of drug-likeness (QED) is 0.360. The summed E-state index contributed by atoms with van der Waals surface area (Å²) in [5, 5.41) is 13.2. The van der Waals surface area contributed by atoms with E-state index >= 15 is 0 Å². The molecule has 4 aromatic rings. The van der Waals surface area contributed by atoms with Crippen molar-refractivity contribution in [3.05, 3.63) is 65.0 Å². The largest absolute Gasteiger partial charge is 0.411 e. The molecule has 0 atom stereocenters. The van der Waals surface area contributed by atoms with Gasteiger partial charge in [0.25, 0.3) is 5.22 Å². The molecule has 2 heterocycles. The zero-order chi connectivity index (χ0) is 20.4. The average Bonchev–Trinajstić information content (AvgIpc) is 3.36. The van der Waals surface area contributed by atoms with Gasteiger partial charge in [0.05, 0.1) is 10.8 Å². The van der Waals surface area contributed by atoms with E-state index in [2.05, 4.69) is 53.2 Å². The molecule has 0 fully saturated rings. The van der Waals surface area contributed by atoms with Crippen LogP contribution in [-0.2, 0) is 11.2 Å². The lowest BCUT2D eigenvalue weighted by atomic mass is 9.87. The van der Waals surface area contributed by atoms with Crippen LogP contribution in [0.1, 0.15) is 32.2 Å². The topological polar surface area (TPSA) is 77.8 Å². The van der Waals surface area contributed by atoms with E-state index < -0.39 is 0 Å². The molecule has 0 spiro atoms. The van der Waals surface area contributed by atoms with Gasteiger partial charge < -0.3 is 8.94 Å². The summed E-state index contributed by atoms with van der Waals surface area (Å²) in [6, 6.07) is 15.5. The van der Waals surface area contributed by atoms with E-state index in [4.69, 9.17) is 20.5 Å². The first-order chi connectivity index (χ1) is 13.9. The van der Waals surface area contributed by atoms with Crippen LogP contribution < -0.4 is 0 Å². The normalized spacial score (nSPS) is 11.7. The first-order valence-corrected chi connectivity index (χ1v) is 10.4. The minimum Gasteiger partial charge on any atom is -0.411 e. The Labute approximate surface area is 177 Å². The highest BCUT2D eigenvalue weighted by atomic mass is 35.5. The van der Waals surface area contributed by atoms with Crippen LogP contribution in [0, 0.1) is 0 Å². The molecular weight excluding hydrogens is 408 g/mol. The van der Waals surface area contributed by atoms with Gasteiger partial charge >= 0.3 is 0 Å². The van der Waals surface area contributed by atoms with Gasteiger partial charge in [-0.3, -0.25) is 0 Å². The van der Waals surface area contributed by atoms with E-state index in [1.165, 1.54) is 17.3 Å². The van der Waals surface area contributed by atoms with Crippen LogP contribution in [0.15, 0.2) is 62.7 Å². The smallest absolute Gasteiger partial charge is 0.277 e. The molecule has 6 nitrogen and oxygen atoms in total. The molecule has 0 N–H and O–H groups in total. The third-order valence-electron chi connectivity index (χ3n) is 4.31. The lowest BCUT2D eigenvalue weighted by molar-refractivity contribution is 0.391. The van der Waals surface area contributed by atoms with E-state index in [0.717, 1.165) is 11.1 Å². The second kappa shape index (κ2) is 8.00. The van der Waals surface area contributed by atoms with Gasteiger partial charge in [0.15, 0.2) is 0 Å². The predicted octanol–water partition coefficient (Wildman–Crippen LogP) is 6.03. The molecule has 2 aromatic heterocycles. The SMILES string of the molecule is CC(C)(C)c1ccc(-c2nnc(SCc3nc(-c4ccccc4Cl)no3)o2)cc1. The summed E-state index contributed by atoms with van der Waals surface area (Å²) in [7, 11) is 0. The highest BCUT2D eigenvalue weighted by molar-refractivity contribution is 7.98. The molecule has 29 heavy (non-hydrogen) atoms. The average molecular weight is 427 g/mol. The molecule has 0 saturated heterocycles. The maximum Gasteiger partial charge on any atom is 0.277 e. The number of hydrogen-bond donors (Lipinski definition) is 0. The fourth-order valence-electron chi connectivity index (χ4n) is 2.69. The van der Waals surface area contributed by atoms with E-state index in [1.54, 1.807) is 6.07 Å². The number of rotatable bonds is 5. The molecule has 2 aromatic carbocycles. The predicted molar refractivity (Wildman–Crippen MR) is 113 cm³/mol. The van der Waals surface area contributed by atoms with Gasteiger partial charge in [-0.1, -0.05) is 73.6 Å². The molecule has 0 amide bonds. The number of aromatic nitrogens is 4. The van der Waals surface area contributed by atoms with Gasteiger partial charge in [-0.2, -0.15) is 4.98 Å². The van der Waals surface area contributed by atoms with Gasteiger partial charge in [0.1, 0.15) is 0 Å². The Bertz CT molecular complexity index is 1120. The molecule has 4 rings (SSSR count). The summed E-state index contributed by atoms with van der Waals surface area (Å²) in [4.78, 5) is 4.38. The Morgan fingerprint density at radius 3 is 2.48 bits per heavy atom. The van der Waals surface area contributed by atoms with E-state index in [0.29, 0.717) is 33.6 Å². The van der Waals surface area contributed by atoms with Crippen LogP contribution in [0.3, 0.4) is 0 Å². The molecule has 0 unspecified atom stereocenters. The molecule has 0 bridgehead atoms. The number of nitrogens with zero attached hydrogens (tertiary/aromatic N) is 4. The Morgan fingerprint density at radius 2 is 1.76 bits per heavy atom. The summed E-state index contributed by atoms with van der Waals surface area (Å²) in [5.41, 5.74) is 2.96. The van der Waals surface area contributed by atoms with Crippen LogP contribution in [-0.4, -0.2) is 20.3 Å². The summed E-state index contributed by atoms with van der Waals surface area (Å²) >= 11 is 7.52. The van der Waals surface area contributed by atoms with Crippen LogP contribution in [0.4, 0.5) is 0 Å². The minimum absolute atomic E-state index is 0.0985. The van der Waals surface area contributed by atoms with Gasteiger partial charge in [-0.05, 0) is 35.2 Å². The summed E-state index contributed by atoms with van der Waals surface area (Å²) in [6.07, 6.45) is 0. The Balaban J connectivity index is 1.42. The lowest BCUT2D eigenvalue weighted by Crippen LogP contribution is -2.10. The van der Waals surface area contributed by atoms with Crippen LogP contribution in [0.2, 0.25) is 5.02 Å². The summed E-state index contributed by atoms with van der Waals surface area (Å²) < 4.78 is 11.1. The van der Waals surface area contributed by atoms with Crippen molar-refractivity contribution in [3.8, 4) is 22.8 Å². The van der Waals surface area contributed by atoms with Crippen molar-refractivity contribution in [2.75, 3.05) is 0 Å². The molecular formula is C21H19ClN4O2S. The van der Waals surface area contributed by atoms with Crippen molar-refractivity contribution in [1.82, 2.24) is 20.3 Å². The van der Waals surface area contributed by atoms with E-state index in [1.807, 2.05) is 30.3 Å². The van der Waals surface area contributed by atoms with Crippen molar-refractivity contribution < 1.29 is 8.94 Å².